The normalized spacial score (nSPS) is 12.8. The molecule has 0 aliphatic heterocycles. The Labute approximate surface area is 481 Å². The molecule has 0 atom stereocenters. The average Bonchev–Trinajstić information content (AvgIpc) is 3.44. The molecule has 2 N–H and O–H groups in total. The number of ether oxygens (including phenoxy) is 4. The molecule has 0 saturated carbocycles. The van der Waals surface area contributed by atoms with Crippen molar-refractivity contribution in [3.63, 3.8) is 0 Å². The zero-order valence-corrected chi connectivity index (χ0v) is 52.5. The van der Waals surface area contributed by atoms with E-state index in [1.54, 1.807) is 9.80 Å². The van der Waals surface area contributed by atoms with Crippen LogP contribution >= 0.6 is 0 Å². The summed E-state index contributed by atoms with van der Waals surface area (Å²) in [5, 5.41) is 6.14. The van der Waals surface area contributed by atoms with Gasteiger partial charge in [0.15, 0.2) is 26.4 Å². The molecule has 0 heterocycles. The third-order valence-electron chi connectivity index (χ3n) is 15.3. The molecule has 5 rings (SSSR count). The van der Waals surface area contributed by atoms with Gasteiger partial charge in [-0.25, -0.2) is 0 Å². The molecule has 12 heteroatoms. The van der Waals surface area contributed by atoms with Crippen molar-refractivity contribution in [2.45, 2.75) is 198 Å². The van der Waals surface area contributed by atoms with Gasteiger partial charge in [0, 0.05) is 65.0 Å². The van der Waals surface area contributed by atoms with Crippen LogP contribution < -0.4 is 29.6 Å². The zero-order chi connectivity index (χ0) is 59.3. The first-order valence-corrected chi connectivity index (χ1v) is 29.8. The summed E-state index contributed by atoms with van der Waals surface area (Å²) in [6.45, 7) is 41.1. The molecule has 4 aromatic rings. The molecule has 440 valence electrons. The number of carbonyl (C=O) groups excluding carboxylic acids is 4. The lowest BCUT2D eigenvalue weighted by molar-refractivity contribution is -0.133. The van der Waals surface area contributed by atoms with Gasteiger partial charge in [0.25, 0.3) is 23.6 Å². The number of hydrogen-bond donors (Lipinski definition) is 2. The summed E-state index contributed by atoms with van der Waals surface area (Å²) in [5.74, 6) is 1.70. The number of benzene rings is 4. The summed E-state index contributed by atoms with van der Waals surface area (Å²) >= 11 is 0. The van der Waals surface area contributed by atoms with Gasteiger partial charge in [-0.3, -0.25) is 19.2 Å². The number of hydrogen-bond acceptors (Lipinski definition) is 8. The Morgan fingerprint density at radius 3 is 0.775 bits per heavy atom. The SMILES string of the molecule is CCCCNC(=O)COc1c2cc(C(C)(C)C)cc1Cc1cc(C(C)(C)C)cc(c1OCC(=O)N(CC)CC)Cc1cc(C(C)(C)C)cc(c1OCC(=O)NCCCC)Cc1cc(C(C)(C)C)cc(c1OCC(=O)N(CC)CC)C2. The van der Waals surface area contributed by atoms with E-state index in [2.05, 4.69) is 156 Å². The molecule has 80 heavy (non-hydrogen) atoms. The van der Waals surface area contributed by atoms with E-state index in [9.17, 15) is 19.2 Å². The number of amides is 4. The maximum atomic E-state index is 14.0. The molecule has 1 aliphatic carbocycles. The Morgan fingerprint density at radius 1 is 0.375 bits per heavy atom. The maximum absolute atomic E-state index is 14.0. The first kappa shape index (κ1) is 64.8. The van der Waals surface area contributed by atoms with Crippen molar-refractivity contribution in [3.05, 3.63) is 115 Å². The molecule has 0 unspecified atom stereocenters. The number of fused-ring (bicyclic) bond motifs is 8. The lowest BCUT2D eigenvalue weighted by Crippen LogP contribution is -2.34. The van der Waals surface area contributed by atoms with Crippen molar-refractivity contribution < 1.29 is 38.1 Å². The molecule has 8 bridgehead atoms. The number of rotatable bonds is 22. The van der Waals surface area contributed by atoms with Crippen molar-refractivity contribution in [3.8, 4) is 23.0 Å². The van der Waals surface area contributed by atoms with Crippen molar-refractivity contribution in [1.82, 2.24) is 20.4 Å². The zero-order valence-electron chi connectivity index (χ0n) is 52.5. The highest BCUT2D eigenvalue weighted by molar-refractivity contribution is 5.79. The minimum atomic E-state index is -0.320. The summed E-state index contributed by atoms with van der Waals surface area (Å²) in [4.78, 5) is 59.2. The number of nitrogens with one attached hydrogen (secondary N) is 2. The predicted molar refractivity (Wildman–Crippen MR) is 325 cm³/mol. The summed E-state index contributed by atoms with van der Waals surface area (Å²) < 4.78 is 27.8. The summed E-state index contributed by atoms with van der Waals surface area (Å²) in [6, 6.07) is 17.7. The summed E-state index contributed by atoms with van der Waals surface area (Å²) in [7, 11) is 0. The lowest BCUT2D eigenvalue weighted by atomic mass is 9.79. The van der Waals surface area contributed by atoms with Crippen LogP contribution in [0.1, 0.15) is 217 Å². The third kappa shape index (κ3) is 17.5. The standard InChI is InChI=1S/C68H100N4O8/c1-19-25-27-69-57(73)41-77-61-45-29-49-37-55(67(13,14)15)39-51(63(49)79-43-59(75)71(21-3)22-4)31-47-35-54(66(10,11)12)36-48(62(47)78-42-58(74)70-28-26-20-2)32-52-40-56(68(16,17)18)38-50(30-46(61)34-53(33-45)65(7,8)9)64(52)80-44-60(76)72(23-5)24-6/h33-40H,19-32,41-44H2,1-18H3,(H,69,73)(H,70,74). The topological polar surface area (TPSA) is 136 Å². The maximum Gasteiger partial charge on any atom is 0.260 e. The first-order chi connectivity index (χ1) is 37.6. The Hall–Kier alpha value is -6.04. The molecule has 1 aliphatic rings. The van der Waals surface area contributed by atoms with Crippen LogP contribution in [0.25, 0.3) is 0 Å². The van der Waals surface area contributed by atoms with Crippen LogP contribution in [-0.4, -0.2) is 99.1 Å². The fraction of sp³-hybridized carbons (Fsp3) is 0.588. The van der Waals surface area contributed by atoms with E-state index in [1.807, 2.05) is 27.7 Å². The molecular formula is C68H100N4O8. The van der Waals surface area contributed by atoms with Gasteiger partial charge in [0.2, 0.25) is 0 Å². The number of likely N-dealkylation sites (N-methyl/N-ethyl adjacent to an activating group) is 2. The van der Waals surface area contributed by atoms with Gasteiger partial charge in [0.05, 0.1) is 0 Å². The molecule has 4 amide bonds. The fourth-order valence-corrected chi connectivity index (χ4v) is 10.2. The van der Waals surface area contributed by atoms with Gasteiger partial charge < -0.3 is 39.4 Å². The van der Waals surface area contributed by atoms with Gasteiger partial charge in [-0.1, -0.05) is 158 Å². The minimum absolute atomic E-state index is 0.119. The molecule has 0 radical (unpaired) electrons. The van der Waals surface area contributed by atoms with Crippen molar-refractivity contribution in [2.24, 2.45) is 0 Å². The molecule has 0 spiro atoms. The smallest absolute Gasteiger partial charge is 0.260 e. The molecule has 0 fully saturated rings. The largest absolute Gasteiger partial charge is 0.483 e. The van der Waals surface area contributed by atoms with Crippen molar-refractivity contribution in [2.75, 3.05) is 65.7 Å². The monoisotopic (exact) mass is 1100 g/mol. The third-order valence-corrected chi connectivity index (χ3v) is 15.3. The Balaban J connectivity index is 2.03. The van der Waals surface area contributed by atoms with Crippen LogP contribution in [0.3, 0.4) is 0 Å². The quantitative estimate of drug-likeness (QED) is 0.0654. The Morgan fingerprint density at radius 2 is 0.588 bits per heavy atom. The van der Waals surface area contributed by atoms with Gasteiger partial charge in [-0.05, 0) is 129 Å². The van der Waals surface area contributed by atoms with Gasteiger partial charge in [-0.2, -0.15) is 0 Å². The predicted octanol–water partition coefficient (Wildman–Crippen LogP) is 12.6. The number of nitrogens with zero attached hydrogens (tertiary/aromatic N) is 2. The molecular weight excluding hydrogens is 1000 g/mol. The highest BCUT2D eigenvalue weighted by atomic mass is 16.5. The van der Waals surface area contributed by atoms with Crippen LogP contribution in [0.15, 0.2) is 48.5 Å². The van der Waals surface area contributed by atoms with E-state index in [-0.39, 0.29) is 71.7 Å². The van der Waals surface area contributed by atoms with Crippen molar-refractivity contribution in [1.29, 1.82) is 0 Å². The van der Waals surface area contributed by atoms with E-state index in [0.717, 1.165) is 92.4 Å². The Bertz CT molecular complexity index is 2490. The van der Waals surface area contributed by atoms with Crippen LogP contribution in [0.4, 0.5) is 0 Å². The van der Waals surface area contributed by atoms with Crippen LogP contribution in [0.2, 0.25) is 0 Å². The van der Waals surface area contributed by atoms with E-state index in [1.165, 1.54) is 0 Å². The number of carbonyl (C=O) groups is 4. The van der Waals surface area contributed by atoms with Gasteiger partial charge in [-0.15, -0.1) is 0 Å². The Kier molecular flexibility index (Phi) is 22.8. The lowest BCUT2D eigenvalue weighted by Gasteiger charge is -2.29. The van der Waals surface area contributed by atoms with Crippen LogP contribution in [0, 0.1) is 0 Å². The van der Waals surface area contributed by atoms with E-state index in [4.69, 9.17) is 18.9 Å². The highest BCUT2D eigenvalue weighted by Gasteiger charge is 2.31. The summed E-state index contributed by atoms with van der Waals surface area (Å²) in [6.07, 6.45) is 4.92. The van der Waals surface area contributed by atoms with E-state index in [0.29, 0.717) is 87.9 Å². The van der Waals surface area contributed by atoms with E-state index < -0.39 is 0 Å². The van der Waals surface area contributed by atoms with Crippen molar-refractivity contribution >= 4 is 23.6 Å². The highest BCUT2D eigenvalue weighted by Crippen LogP contribution is 2.44. The van der Waals surface area contributed by atoms with Gasteiger partial charge in [0.1, 0.15) is 23.0 Å². The molecule has 0 saturated heterocycles. The van der Waals surface area contributed by atoms with E-state index >= 15 is 0 Å². The minimum Gasteiger partial charge on any atom is -0.483 e. The molecule has 12 nitrogen and oxygen atoms in total. The summed E-state index contributed by atoms with van der Waals surface area (Å²) in [5.41, 5.74) is 9.91. The number of unbranched alkanes of at least 4 members (excludes halogenated alkanes) is 2. The second-order valence-corrected chi connectivity index (χ2v) is 25.9. The first-order valence-electron chi connectivity index (χ1n) is 29.8. The molecule has 0 aromatic heterocycles. The average molecular weight is 1100 g/mol. The van der Waals surface area contributed by atoms with Gasteiger partial charge >= 0.3 is 0 Å². The second kappa shape index (κ2) is 28.1. The second-order valence-electron chi connectivity index (χ2n) is 25.9. The van der Waals surface area contributed by atoms with Crippen LogP contribution in [0.5, 0.6) is 23.0 Å². The fourth-order valence-electron chi connectivity index (χ4n) is 10.2. The van der Waals surface area contributed by atoms with Crippen LogP contribution in [-0.2, 0) is 66.5 Å². The molecule has 4 aromatic carbocycles.